The van der Waals surface area contributed by atoms with E-state index in [2.05, 4.69) is 53.6 Å². The standard InChI is InChI=1S/C23H24N4OS2/c28-14-8-7-13-27-21-20(15-24-27)22(29-16-18-9-3-1-4-10-18)26-23(25-21)30-17-19-11-5-2-6-12-19/h1-6,9-12,15,28H,7-8,13-14,16-17H2. The Balaban J connectivity index is 1.59. The third kappa shape index (κ3) is 5.41. The molecule has 0 atom stereocenters. The molecular formula is C23H24N4OS2. The molecule has 0 aliphatic heterocycles. The normalized spacial score (nSPS) is 11.2. The van der Waals surface area contributed by atoms with E-state index < -0.39 is 0 Å². The highest BCUT2D eigenvalue weighted by Crippen LogP contribution is 2.31. The molecule has 30 heavy (non-hydrogen) atoms. The molecule has 5 nitrogen and oxygen atoms in total. The van der Waals surface area contributed by atoms with Gasteiger partial charge in [-0.25, -0.2) is 14.6 Å². The Morgan fingerprint density at radius 1 is 0.800 bits per heavy atom. The molecule has 0 aliphatic carbocycles. The summed E-state index contributed by atoms with van der Waals surface area (Å²) in [5.74, 6) is 1.68. The van der Waals surface area contributed by atoms with Gasteiger partial charge in [-0.1, -0.05) is 72.4 Å². The number of aliphatic hydroxyl groups is 1. The fourth-order valence-corrected chi connectivity index (χ4v) is 4.87. The van der Waals surface area contributed by atoms with Crippen LogP contribution >= 0.6 is 23.5 Å². The predicted octanol–water partition coefficient (Wildman–Crippen LogP) is 5.18. The zero-order valence-electron chi connectivity index (χ0n) is 16.6. The molecule has 2 aromatic heterocycles. The third-order valence-electron chi connectivity index (χ3n) is 4.65. The van der Waals surface area contributed by atoms with Crippen molar-refractivity contribution in [1.29, 1.82) is 0 Å². The lowest BCUT2D eigenvalue weighted by Gasteiger charge is -2.08. The smallest absolute Gasteiger partial charge is 0.191 e. The van der Waals surface area contributed by atoms with Gasteiger partial charge in [-0.05, 0) is 24.0 Å². The van der Waals surface area contributed by atoms with Crippen molar-refractivity contribution in [3.05, 3.63) is 78.0 Å². The first kappa shape index (κ1) is 20.9. The summed E-state index contributed by atoms with van der Waals surface area (Å²) in [4.78, 5) is 9.68. The summed E-state index contributed by atoms with van der Waals surface area (Å²) in [5.41, 5.74) is 3.39. The van der Waals surface area contributed by atoms with Gasteiger partial charge in [0.1, 0.15) is 5.03 Å². The van der Waals surface area contributed by atoms with Crippen molar-refractivity contribution in [1.82, 2.24) is 19.7 Å². The highest BCUT2D eigenvalue weighted by atomic mass is 32.2. The Morgan fingerprint density at radius 3 is 2.13 bits per heavy atom. The van der Waals surface area contributed by atoms with Crippen LogP contribution in [-0.2, 0) is 18.1 Å². The molecule has 4 aromatic rings. The van der Waals surface area contributed by atoms with Gasteiger partial charge in [0.2, 0.25) is 0 Å². The summed E-state index contributed by atoms with van der Waals surface area (Å²) in [5, 5.41) is 16.4. The fraction of sp³-hybridized carbons (Fsp3) is 0.261. The third-order valence-corrected chi connectivity index (χ3v) is 6.63. The van der Waals surface area contributed by atoms with Crippen LogP contribution in [0.1, 0.15) is 24.0 Å². The highest BCUT2D eigenvalue weighted by molar-refractivity contribution is 7.99. The van der Waals surface area contributed by atoms with Gasteiger partial charge in [0.15, 0.2) is 10.8 Å². The van der Waals surface area contributed by atoms with E-state index in [1.54, 1.807) is 23.5 Å². The second kappa shape index (κ2) is 10.6. The van der Waals surface area contributed by atoms with Crippen LogP contribution in [0.3, 0.4) is 0 Å². The number of aromatic nitrogens is 4. The van der Waals surface area contributed by atoms with E-state index in [0.717, 1.165) is 52.1 Å². The zero-order chi connectivity index (χ0) is 20.6. The van der Waals surface area contributed by atoms with E-state index in [1.165, 1.54) is 11.1 Å². The molecular weight excluding hydrogens is 412 g/mol. The van der Waals surface area contributed by atoms with Crippen molar-refractivity contribution in [2.75, 3.05) is 6.61 Å². The van der Waals surface area contributed by atoms with Crippen LogP contribution in [0.4, 0.5) is 0 Å². The largest absolute Gasteiger partial charge is 0.396 e. The molecule has 0 radical (unpaired) electrons. The van der Waals surface area contributed by atoms with Crippen LogP contribution in [0.5, 0.6) is 0 Å². The first-order valence-corrected chi connectivity index (χ1v) is 12.0. The van der Waals surface area contributed by atoms with Crippen LogP contribution in [-0.4, -0.2) is 31.5 Å². The maximum atomic E-state index is 9.09. The van der Waals surface area contributed by atoms with E-state index in [1.807, 2.05) is 23.0 Å². The second-order valence-corrected chi connectivity index (χ2v) is 8.80. The molecule has 0 saturated carbocycles. The number of hydrogen-bond donors (Lipinski definition) is 1. The van der Waals surface area contributed by atoms with Gasteiger partial charge in [0.05, 0.1) is 11.6 Å². The zero-order valence-corrected chi connectivity index (χ0v) is 18.3. The lowest BCUT2D eigenvalue weighted by Crippen LogP contribution is -2.03. The summed E-state index contributed by atoms with van der Waals surface area (Å²) in [6, 6.07) is 20.8. The maximum Gasteiger partial charge on any atom is 0.191 e. The number of fused-ring (bicyclic) bond motifs is 1. The average Bonchev–Trinajstić information content (AvgIpc) is 3.21. The number of unbranched alkanes of at least 4 members (excludes halogenated alkanes) is 1. The average molecular weight is 437 g/mol. The molecule has 0 saturated heterocycles. The maximum absolute atomic E-state index is 9.09. The Hall–Kier alpha value is -2.35. The summed E-state index contributed by atoms with van der Waals surface area (Å²) in [6.07, 6.45) is 3.50. The number of rotatable bonds is 10. The van der Waals surface area contributed by atoms with Gasteiger partial charge < -0.3 is 5.11 Å². The lowest BCUT2D eigenvalue weighted by atomic mass is 10.2. The van der Waals surface area contributed by atoms with Crippen molar-refractivity contribution >= 4 is 34.6 Å². The number of aliphatic hydroxyl groups excluding tert-OH is 1. The molecule has 0 amide bonds. The van der Waals surface area contributed by atoms with Crippen LogP contribution < -0.4 is 0 Å². The molecule has 0 aliphatic rings. The summed E-state index contributed by atoms with van der Waals surface area (Å²) < 4.78 is 1.94. The van der Waals surface area contributed by atoms with Crippen LogP contribution in [0.25, 0.3) is 11.0 Å². The van der Waals surface area contributed by atoms with E-state index >= 15 is 0 Å². The number of hydrogen-bond acceptors (Lipinski definition) is 6. The number of aryl methyl sites for hydroxylation is 1. The molecule has 0 bridgehead atoms. The Kier molecular flexibility index (Phi) is 7.39. The van der Waals surface area contributed by atoms with Gasteiger partial charge in [0.25, 0.3) is 0 Å². The predicted molar refractivity (Wildman–Crippen MR) is 124 cm³/mol. The minimum Gasteiger partial charge on any atom is -0.396 e. The quantitative estimate of drug-likeness (QED) is 0.160. The summed E-state index contributed by atoms with van der Waals surface area (Å²) >= 11 is 3.37. The van der Waals surface area contributed by atoms with E-state index in [9.17, 15) is 0 Å². The molecule has 0 fully saturated rings. The Morgan fingerprint density at radius 2 is 1.47 bits per heavy atom. The molecule has 154 valence electrons. The lowest BCUT2D eigenvalue weighted by molar-refractivity contribution is 0.280. The second-order valence-electron chi connectivity index (χ2n) is 6.90. The van der Waals surface area contributed by atoms with Crippen molar-refractivity contribution in [2.45, 2.75) is 41.1 Å². The summed E-state index contributed by atoms with van der Waals surface area (Å²) in [6.45, 7) is 0.942. The Bertz CT molecular complexity index is 1070. The fourth-order valence-electron chi connectivity index (χ4n) is 3.07. The molecule has 2 heterocycles. The van der Waals surface area contributed by atoms with Gasteiger partial charge >= 0.3 is 0 Å². The highest BCUT2D eigenvalue weighted by Gasteiger charge is 2.14. The van der Waals surface area contributed by atoms with Crippen LogP contribution in [0, 0.1) is 0 Å². The number of nitrogens with zero attached hydrogens (tertiary/aromatic N) is 4. The van der Waals surface area contributed by atoms with E-state index in [0.29, 0.717) is 0 Å². The first-order chi connectivity index (χ1) is 14.8. The summed E-state index contributed by atoms with van der Waals surface area (Å²) in [7, 11) is 0. The van der Waals surface area contributed by atoms with Gasteiger partial charge in [-0.3, -0.25) is 0 Å². The van der Waals surface area contributed by atoms with E-state index in [4.69, 9.17) is 15.1 Å². The van der Waals surface area contributed by atoms with Gasteiger partial charge in [0, 0.05) is 24.7 Å². The molecule has 0 unspecified atom stereocenters. The van der Waals surface area contributed by atoms with Crippen molar-refractivity contribution in [3.63, 3.8) is 0 Å². The van der Waals surface area contributed by atoms with Crippen molar-refractivity contribution in [2.24, 2.45) is 0 Å². The molecule has 4 rings (SSSR count). The monoisotopic (exact) mass is 436 g/mol. The topological polar surface area (TPSA) is 63.8 Å². The van der Waals surface area contributed by atoms with Crippen molar-refractivity contribution < 1.29 is 5.11 Å². The van der Waals surface area contributed by atoms with Crippen LogP contribution in [0.15, 0.2) is 77.0 Å². The number of benzene rings is 2. The van der Waals surface area contributed by atoms with E-state index in [-0.39, 0.29) is 6.61 Å². The minimum atomic E-state index is 0.199. The Labute approximate surface area is 185 Å². The van der Waals surface area contributed by atoms with Gasteiger partial charge in [-0.2, -0.15) is 5.10 Å². The van der Waals surface area contributed by atoms with Gasteiger partial charge in [-0.15, -0.1) is 11.8 Å². The molecule has 0 spiro atoms. The molecule has 1 N–H and O–H groups in total. The SMILES string of the molecule is OCCCCn1ncc2c(SCc3ccccc3)nc(SCc3ccccc3)nc21. The van der Waals surface area contributed by atoms with Crippen molar-refractivity contribution in [3.8, 4) is 0 Å². The number of thioether (sulfide) groups is 2. The minimum absolute atomic E-state index is 0.199. The van der Waals surface area contributed by atoms with Crippen LogP contribution in [0.2, 0.25) is 0 Å². The molecule has 7 heteroatoms. The first-order valence-electron chi connectivity index (χ1n) is 10.0. The molecule has 2 aromatic carbocycles.